The van der Waals surface area contributed by atoms with Crippen LogP contribution in [0.15, 0.2) is 6.07 Å². The summed E-state index contributed by atoms with van der Waals surface area (Å²) in [4.78, 5) is 24.6. The Bertz CT molecular complexity index is 468. The first-order valence-corrected chi connectivity index (χ1v) is 5.24. The largest absolute Gasteiger partial charge is 0.461 e. The van der Waals surface area contributed by atoms with Crippen molar-refractivity contribution in [3.8, 4) is 0 Å². The second kappa shape index (κ2) is 4.17. The average Bonchev–Trinajstić information content (AvgIpc) is 2.72. The van der Waals surface area contributed by atoms with Gasteiger partial charge >= 0.3 is 5.97 Å². The van der Waals surface area contributed by atoms with E-state index >= 15 is 0 Å². The van der Waals surface area contributed by atoms with Gasteiger partial charge in [0.1, 0.15) is 5.69 Å². The summed E-state index contributed by atoms with van der Waals surface area (Å²) in [6.07, 6.45) is -0.934. The lowest BCUT2D eigenvalue weighted by Gasteiger charge is -2.27. The lowest BCUT2D eigenvalue weighted by molar-refractivity contribution is 0.0253. The van der Waals surface area contributed by atoms with E-state index in [9.17, 15) is 14.7 Å². The molecule has 1 atom stereocenters. The number of rotatable bonds is 2. The van der Waals surface area contributed by atoms with Gasteiger partial charge in [0.25, 0.3) is 5.91 Å². The fourth-order valence-electron chi connectivity index (χ4n) is 1.69. The number of aliphatic hydroxyl groups is 1. The molecule has 0 fully saturated rings. The van der Waals surface area contributed by atoms with Crippen LogP contribution in [0.1, 0.15) is 34.1 Å². The van der Waals surface area contributed by atoms with Gasteiger partial charge in [-0.2, -0.15) is 5.10 Å². The molecule has 0 aromatic carbocycles. The lowest BCUT2D eigenvalue weighted by atomic mass is 10.2. The molecule has 7 heteroatoms. The number of β-amino-alcohol motifs (C(OH)–C–C–N with tert-alkyl or cyclic N) is 1. The molecule has 1 aromatic rings. The zero-order valence-corrected chi connectivity index (χ0v) is 9.58. The van der Waals surface area contributed by atoms with Gasteiger partial charge in [-0.1, -0.05) is 0 Å². The van der Waals surface area contributed by atoms with Crippen LogP contribution in [0.2, 0.25) is 0 Å². The molecule has 1 N–H and O–H groups in total. The van der Waals surface area contributed by atoms with Crippen molar-refractivity contribution < 1.29 is 19.4 Å². The van der Waals surface area contributed by atoms with Gasteiger partial charge in [-0.15, -0.1) is 0 Å². The van der Waals surface area contributed by atoms with Gasteiger partial charge in [0, 0.05) is 13.1 Å². The van der Waals surface area contributed by atoms with Crippen molar-refractivity contribution >= 4 is 11.9 Å². The summed E-state index contributed by atoms with van der Waals surface area (Å²) < 4.78 is 5.93. The molecular weight excluding hydrogens is 226 g/mol. The number of esters is 1. The summed E-state index contributed by atoms with van der Waals surface area (Å²) in [6, 6.07) is 1.33. The predicted octanol–water partition coefficient (Wildman–Crippen LogP) is -0.364. The number of likely N-dealkylation sites (N-methyl/N-ethyl adjacent to an activating group) is 1. The molecule has 0 aliphatic carbocycles. The van der Waals surface area contributed by atoms with Crippen LogP contribution in [-0.4, -0.2) is 51.9 Å². The molecule has 17 heavy (non-hydrogen) atoms. The van der Waals surface area contributed by atoms with Crippen LogP contribution in [0.25, 0.3) is 0 Å². The molecule has 1 amide bonds. The summed E-state index contributed by atoms with van der Waals surface area (Å²) in [5.74, 6) is -0.879. The Kier molecular flexibility index (Phi) is 2.84. The second-order valence-corrected chi connectivity index (χ2v) is 3.75. The van der Waals surface area contributed by atoms with E-state index in [1.54, 1.807) is 14.0 Å². The average molecular weight is 239 g/mol. The number of aromatic nitrogens is 2. The highest BCUT2D eigenvalue weighted by Gasteiger charge is 2.31. The van der Waals surface area contributed by atoms with Crippen molar-refractivity contribution in [1.29, 1.82) is 0 Å². The first-order valence-electron chi connectivity index (χ1n) is 5.24. The van der Waals surface area contributed by atoms with E-state index in [1.807, 2.05) is 0 Å². The number of carbonyl (C=O) groups is 2. The normalized spacial score (nSPS) is 19.1. The molecule has 2 heterocycles. The number of hydrogen-bond donors (Lipinski definition) is 1. The minimum atomic E-state index is -0.934. The van der Waals surface area contributed by atoms with Crippen molar-refractivity contribution in [3.63, 3.8) is 0 Å². The highest BCUT2D eigenvalue weighted by Crippen LogP contribution is 2.19. The minimum Gasteiger partial charge on any atom is -0.461 e. The SMILES string of the molecule is CCOC(=O)c1cc2n(n1)C(O)CN(C)C2=O. The Morgan fingerprint density at radius 3 is 3.06 bits per heavy atom. The Hall–Kier alpha value is -1.89. The van der Waals surface area contributed by atoms with Crippen molar-refractivity contribution in [2.24, 2.45) is 0 Å². The molecule has 1 aromatic heterocycles. The highest BCUT2D eigenvalue weighted by atomic mass is 16.5. The lowest BCUT2D eigenvalue weighted by Crippen LogP contribution is -2.40. The van der Waals surface area contributed by atoms with Gasteiger partial charge in [0.15, 0.2) is 11.9 Å². The Morgan fingerprint density at radius 2 is 2.41 bits per heavy atom. The van der Waals surface area contributed by atoms with Crippen molar-refractivity contribution in [3.05, 3.63) is 17.5 Å². The summed E-state index contributed by atoms with van der Waals surface area (Å²) in [6.45, 7) is 2.06. The molecule has 1 aliphatic heterocycles. The standard InChI is InChI=1S/C10H13N3O4/c1-3-17-10(16)6-4-7-9(15)12(2)5-8(14)13(7)11-6/h4,8,14H,3,5H2,1-2H3. The van der Waals surface area contributed by atoms with Crippen molar-refractivity contribution in [2.75, 3.05) is 20.2 Å². The third kappa shape index (κ3) is 1.89. The molecule has 0 bridgehead atoms. The van der Waals surface area contributed by atoms with E-state index in [1.165, 1.54) is 11.0 Å². The third-order valence-corrected chi connectivity index (χ3v) is 2.51. The van der Waals surface area contributed by atoms with Gasteiger partial charge in [0.2, 0.25) is 0 Å². The summed E-state index contributed by atoms with van der Waals surface area (Å²) in [7, 11) is 1.58. The van der Waals surface area contributed by atoms with E-state index in [-0.39, 0.29) is 30.4 Å². The number of aliphatic hydroxyl groups excluding tert-OH is 1. The summed E-state index contributed by atoms with van der Waals surface area (Å²) in [5.41, 5.74) is 0.221. The van der Waals surface area contributed by atoms with Gasteiger partial charge in [-0.3, -0.25) is 4.79 Å². The second-order valence-electron chi connectivity index (χ2n) is 3.75. The van der Waals surface area contributed by atoms with Crippen LogP contribution < -0.4 is 0 Å². The first kappa shape index (κ1) is 11.6. The molecule has 0 spiro atoms. The van der Waals surface area contributed by atoms with E-state index in [0.717, 1.165) is 4.68 Å². The van der Waals surface area contributed by atoms with Gasteiger partial charge in [0.05, 0.1) is 13.2 Å². The third-order valence-electron chi connectivity index (χ3n) is 2.51. The first-order chi connectivity index (χ1) is 8.04. The number of nitrogens with zero attached hydrogens (tertiary/aromatic N) is 3. The number of ether oxygens (including phenoxy) is 1. The Labute approximate surface area is 97.6 Å². The van der Waals surface area contributed by atoms with Crippen LogP contribution in [0, 0.1) is 0 Å². The quantitative estimate of drug-likeness (QED) is 0.712. The summed E-state index contributed by atoms with van der Waals surface area (Å²) in [5, 5.41) is 13.6. The maximum Gasteiger partial charge on any atom is 0.358 e. The minimum absolute atomic E-state index is 0.0320. The van der Waals surface area contributed by atoms with E-state index in [4.69, 9.17) is 4.74 Å². The van der Waals surface area contributed by atoms with E-state index in [2.05, 4.69) is 5.10 Å². The van der Waals surface area contributed by atoms with Gasteiger partial charge in [-0.05, 0) is 6.92 Å². The highest BCUT2D eigenvalue weighted by molar-refractivity contribution is 5.96. The monoisotopic (exact) mass is 239 g/mol. The van der Waals surface area contributed by atoms with Crippen LogP contribution in [0.5, 0.6) is 0 Å². The molecular formula is C10H13N3O4. The maximum atomic E-state index is 11.8. The van der Waals surface area contributed by atoms with Gasteiger partial charge in [-0.25, -0.2) is 9.48 Å². The number of carbonyl (C=O) groups excluding carboxylic acids is 2. The summed E-state index contributed by atoms with van der Waals surface area (Å²) >= 11 is 0. The molecule has 0 radical (unpaired) electrons. The van der Waals surface area contributed by atoms with Crippen LogP contribution in [0.3, 0.4) is 0 Å². The molecule has 1 unspecified atom stereocenters. The number of fused-ring (bicyclic) bond motifs is 1. The molecule has 0 saturated carbocycles. The Morgan fingerprint density at radius 1 is 1.71 bits per heavy atom. The van der Waals surface area contributed by atoms with E-state index in [0.29, 0.717) is 0 Å². The Balaban J connectivity index is 2.37. The van der Waals surface area contributed by atoms with Crippen molar-refractivity contribution in [2.45, 2.75) is 13.2 Å². The zero-order chi connectivity index (χ0) is 12.6. The van der Waals surface area contributed by atoms with Gasteiger partial charge < -0.3 is 14.7 Å². The zero-order valence-electron chi connectivity index (χ0n) is 9.58. The molecule has 2 rings (SSSR count). The fourth-order valence-corrected chi connectivity index (χ4v) is 1.69. The topological polar surface area (TPSA) is 84.7 Å². The molecule has 0 saturated heterocycles. The van der Waals surface area contributed by atoms with E-state index < -0.39 is 12.2 Å². The molecule has 7 nitrogen and oxygen atoms in total. The molecule has 92 valence electrons. The van der Waals surface area contributed by atoms with Crippen LogP contribution in [-0.2, 0) is 4.74 Å². The smallest absolute Gasteiger partial charge is 0.358 e. The maximum absolute atomic E-state index is 11.8. The van der Waals surface area contributed by atoms with Crippen molar-refractivity contribution in [1.82, 2.24) is 14.7 Å². The number of hydrogen-bond acceptors (Lipinski definition) is 5. The van der Waals surface area contributed by atoms with Crippen LogP contribution >= 0.6 is 0 Å². The number of amides is 1. The fraction of sp³-hybridized carbons (Fsp3) is 0.500. The predicted molar refractivity (Wildman–Crippen MR) is 56.4 cm³/mol. The van der Waals surface area contributed by atoms with Crippen LogP contribution in [0.4, 0.5) is 0 Å². The molecule has 1 aliphatic rings.